The molecule has 0 bridgehead atoms. The van der Waals surface area contributed by atoms with Gasteiger partial charge < -0.3 is 9.84 Å². The van der Waals surface area contributed by atoms with Gasteiger partial charge in [0.2, 0.25) is 5.89 Å². The Kier molecular flexibility index (Phi) is 3.14. The standard InChI is InChI=1S/C13H21N3O/c1-9-15-13(17-16-9)8-14-12-4-2-3-11(7-12)10-5-6-10/h10-12,14H,2-8H2,1H3. The molecule has 0 spiro atoms. The minimum atomic E-state index is 0.654. The Labute approximate surface area is 102 Å². The molecule has 2 unspecified atom stereocenters. The summed E-state index contributed by atoms with van der Waals surface area (Å²) in [7, 11) is 0. The first-order valence-electron chi connectivity index (χ1n) is 6.84. The van der Waals surface area contributed by atoms with Crippen LogP contribution in [0.25, 0.3) is 0 Å². The van der Waals surface area contributed by atoms with E-state index >= 15 is 0 Å². The van der Waals surface area contributed by atoms with Gasteiger partial charge in [-0.2, -0.15) is 4.98 Å². The summed E-state index contributed by atoms with van der Waals surface area (Å²) in [6.07, 6.45) is 8.42. The van der Waals surface area contributed by atoms with Gasteiger partial charge in [0.15, 0.2) is 5.82 Å². The first kappa shape index (κ1) is 11.2. The minimum absolute atomic E-state index is 0.654. The minimum Gasteiger partial charge on any atom is -0.338 e. The Hall–Kier alpha value is -0.900. The van der Waals surface area contributed by atoms with Crippen LogP contribution in [0.3, 0.4) is 0 Å². The van der Waals surface area contributed by atoms with E-state index in [-0.39, 0.29) is 0 Å². The summed E-state index contributed by atoms with van der Waals surface area (Å²) < 4.78 is 5.12. The molecule has 1 aromatic heterocycles. The first-order valence-corrected chi connectivity index (χ1v) is 6.84. The maximum atomic E-state index is 5.12. The van der Waals surface area contributed by atoms with Gasteiger partial charge >= 0.3 is 0 Å². The predicted octanol–water partition coefficient (Wildman–Crippen LogP) is 2.44. The van der Waals surface area contributed by atoms with E-state index in [0.717, 1.165) is 30.1 Å². The zero-order valence-corrected chi connectivity index (χ0v) is 10.5. The highest BCUT2D eigenvalue weighted by molar-refractivity contribution is 4.89. The molecule has 2 saturated carbocycles. The van der Waals surface area contributed by atoms with Crippen molar-refractivity contribution in [3.8, 4) is 0 Å². The maximum Gasteiger partial charge on any atom is 0.240 e. The monoisotopic (exact) mass is 235 g/mol. The first-order chi connectivity index (χ1) is 8.31. The zero-order chi connectivity index (χ0) is 11.7. The number of hydrogen-bond acceptors (Lipinski definition) is 4. The molecule has 0 aromatic carbocycles. The highest BCUT2D eigenvalue weighted by Gasteiger charge is 2.34. The summed E-state index contributed by atoms with van der Waals surface area (Å²) in [5.41, 5.74) is 0. The van der Waals surface area contributed by atoms with Crippen LogP contribution in [-0.4, -0.2) is 16.2 Å². The normalized spacial score (nSPS) is 29.5. The highest BCUT2D eigenvalue weighted by Crippen LogP contribution is 2.43. The van der Waals surface area contributed by atoms with Crippen molar-refractivity contribution < 1.29 is 4.52 Å². The van der Waals surface area contributed by atoms with Gasteiger partial charge in [-0.1, -0.05) is 18.0 Å². The molecule has 17 heavy (non-hydrogen) atoms. The van der Waals surface area contributed by atoms with E-state index in [9.17, 15) is 0 Å². The molecule has 1 N–H and O–H groups in total. The molecule has 2 atom stereocenters. The molecule has 2 aliphatic rings. The van der Waals surface area contributed by atoms with Gasteiger partial charge in [0, 0.05) is 6.04 Å². The van der Waals surface area contributed by atoms with Crippen LogP contribution in [0, 0.1) is 18.8 Å². The van der Waals surface area contributed by atoms with Crippen LogP contribution in [0.4, 0.5) is 0 Å². The molecule has 1 heterocycles. The summed E-state index contributed by atoms with van der Waals surface area (Å²) in [5.74, 6) is 3.47. The van der Waals surface area contributed by atoms with E-state index in [0.29, 0.717) is 6.04 Å². The van der Waals surface area contributed by atoms with Crippen molar-refractivity contribution in [2.45, 2.75) is 58.0 Å². The Morgan fingerprint density at radius 2 is 2.12 bits per heavy atom. The lowest BCUT2D eigenvalue weighted by molar-refractivity contribution is 0.251. The predicted molar refractivity (Wildman–Crippen MR) is 64.3 cm³/mol. The van der Waals surface area contributed by atoms with Gasteiger partial charge in [0.1, 0.15) is 0 Å². The van der Waals surface area contributed by atoms with Crippen LogP contribution in [0.5, 0.6) is 0 Å². The molecule has 94 valence electrons. The maximum absolute atomic E-state index is 5.12. The zero-order valence-electron chi connectivity index (χ0n) is 10.5. The van der Waals surface area contributed by atoms with Crippen molar-refractivity contribution >= 4 is 0 Å². The third-order valence-electron chi connectivity index (χ3n) is 4.12. The van der Waals surface area contributed by atoms with Crippen molar-refractivity contribution in [3.05, 3.63) is 11.7 Å². The second-order valence-corrected chi connectivity index (χ2v) is 5.58. The van der Waals surface area contributed by atoms with E-state index < -0.39 is 0 Å². The smallest absolute Gasteiger partial charge is 0.240 e. The third-order valence-corrected chi connectivity index (χ3v) is 4.12. The number of nitrogens with one attached hydrogen (secondary N) is 1. The van der Waals surface area contributed by atoms with Crippen LogP contribution >= 0.6 is 0 Å². The fourth-order valence-electron chi connectivity index (χ4n) is 3.05. The molecular formula is C13H21N3O. The summed E-state index contributed by atoms with van der Waals surface area (Å²) in [5, 5.41) is 7.38. The summed E-state index contributed by atoms with van der Waals surface area (Å²) >= 11 is 0. The third kappa shape index (κ3) is 2.86. The van der Waals surface area contributed by atoms with Crippen LogP contribution < -0.4 is 5.32 Å². The van der Waals surface area contributed by atoms with Crippen molar-refractivity contribution in [1.82, 2.24) is 15.5 Å². The molecule has 1 aromatic rings. The molecule has 2 fully saturated rings. The average Bonchev–Trinajstić information content (AvgIpc) is 3.11. The molecule has 4 nitrogen and oxygen atoms in total. The lowest BCUT2D eigenvalue weighted by Crippen LogP contribution is -2.34. The second-order valence-electron chi connectivity index (χ2n) is 5.58. The SMILES string of the molecule is Cc1noc(CNC2CCCC(C3CC3)C2)n1. The lowest BCUT2D eigenvalue weighted by atomic mass is 9.83. The Morgan fingerprint density at radius 3 is 2.82 bits per heavy atom. The fourth-order valence-corrected chi connectivity index (χ4v) is 3.05. The number of nitrogens with zero attached hydrogens (tertiary/aromatic N) is 2. The molecule has 0 aliphatic heterocycles. The molecule has 0 radical (unpaired) electrons. The van der Waals surface area contributed by atoms with Crippen LogP contribution in [0.15, 0.2) is 4.52 Å². The number of aromatic nitrogens is 2. The Balaban J connectivity index is 1.47. The number of aryl methyl sites for hydroxylation is 1. The van der Waals surface area contributed by atoms with Gasteiger partial charge in [0.05, 0.1) is 6.54 Å². The molecule has 0 amide bonds. The van der Waals surface area contributed by atoms with Crippen LogP contribution in [0.1, 0.15) is 50.2 Å². The Morgan fingerprint density at radius 1 is 1.24 bits per heavy atom. The average molecular weight is 235 g/mol. The second kappa shape index (κ2) is 4.77. The van der Waals surface area contributed by atoms with Crippen LogP contribution in [-0.2, 0) is 6.54 Å². The van der Waals surface area contributed by atoms with E-state index in [2.05, 4.69) is 15.5 Å². The lowest BCUT2D eigenvalue weighted by Gasteiger charge is -2.29. The molecule has 4 heteroatoms. The largest absolute Gasteiger partial charge is 0.338 e. The van der Waals surface area contributed by atoms with E-state index in [1.54, 1.807) is 0 Å². The number of hydrogen-bond donors (Lipinski definition) is 1. The van der Waals surface area contributed by atoms with E-state index in [1.165, 1.54) is 38.5 Å². The van der Waals surface area contributed by atoms with Gasteiger partial charge in [0.25, 0.3) is 0 Å². The van der Waals surface area contributed by atoms with E-state index in [1.807, 2.05) is 6.92 Å². The molecule has 3 rings (SSSR count). The molecule has 2 aliphatic carbocycles. The number of rotatable bonds is 4. The Bertz CT molecular complexity index is 372. The van der Waals surface area contributed by atoms with Gasteiger partial charge in [-0.3, -0.25) is 0 Å². The summed E-state index contributed by atoms with van der Waals surface area (Å²) in [6, 6.07) is 0.654. The van der Waals surface area contributed by atoms with Crippen molar-refractivity contribution in [1.29, 1.82) is 0 Å². The summed E-state index contributed by atoms with van der Waals surface area (Å²) in [4.78, 5) is 4.22. The van der Waals surface area contributed by atoms with E-state index in [4.69, 9.17) is 4.52 Å². The fraction of sp³-hybridized carbons (Fsp3) is 0.846. The highest BCUT2D eigenvalue weighted by atomic mass is 16.5. The van der Waals surface area contributed by atoms with Gasteiger partial charge in [-0.15, -0.1) is 0 Å². The van der Waals surface area contributed by atoms with Gasteiger partial charge in [-0.25, -0.2) is 0 Å². The van der Waals surface area contributed by atoms with Crippen molar-refractivity contribution in [2.24, 2.45) is 11.8 Å². The van der Waals surface area contributed by atoms with Crippen molar-refractivity contribution in [2.75, 3.05) is 0 Å². The van der Waals surface area contributed by atoms with Gasteiger partial charge in [-0.05, 0) is 44.4 Å². The van der Waals surface area contributed by atoms with Crippen molar-refractivity contribution in [3.63, 3.8) is 0 Å². The molecule has 0 saturated heterocycles. The quantitative estimate of drug-likeness (QED) is 0.871. The van der Waals surface area contributed by atoms with Crippen LogP contribution in [0.2, 0.25) is 0 Å². The summed E-state index contributed by atoms with van der Waals surface area (Å²) in [6.45, 7) is 2.58. The molecular weight excluding hydrogens is 214 g/mol. The topological polar surface area (TPSA) is 51.0 Å².